The molecular weight excluding hydrogens is 330 g/mol. The molecule has 0 aliphatic carbocycles. The Bertz CT molecular complexity index is 578. The Kier molecular flexibility index (Phi) is 7.17. The lowest BCUT2D eigenvalue weighted by Gasteiger charge is -2.14. The Balaban J connectivity index is 0.00000400. The molecule has 1 rings (SSSR count). The van der Waals surface area contributed by atoms with E-state index >= 15 is 0 Å². The van der Waals surface area contributed by atoms with E-state index in [1.54, 1.807) is 4.72 Å². The van der Waals surface area contributed by atoms with Crippen molar-refractivity contribution < 1.29 is 26.7 Å². The zero-order valence-electron chi connectivity index (χ0n) is 11.0. The lowest BCUT2D eigenvalue weighted by Crippen LogP contribution is -2.41. The van der Waals surface area contributed by atoms with Crippen molar-refractivity contribution in [1.29, 1.82) is 0 Å². The van der Waals surface area contributed by atoms with Gasteiger partial charge in [0.1, 0.15) is 0 Å². The van der Waals surface area contributed by atoms with Crippen molar-refractivity contribution >= 4 is 28.4 Å². The van der Waals surface area contributed by atoms with Crippen LogP contribution in [0.1, 0.15) is 10.4 Å². The molecule has 21 heavy (non-hydrogen) atoms. The lowest BCUT2D eigenvalue weighted by atomic mass is 10.2. The fourth-order valence-electron chi connectivity index (χ4n) is 1.24. The van der Waals surface area contributed by atoms with Crippen LogP contribution in [0.15, 0.2) is 29.2 Å². The molecule has 1 aromatic carbocycles. The number of methoxy groups -OCH3 is 1. The van der Waals surface area contributed by atoms with Crippen LogP contribution in [0.25, 0.3) is 0 Å². The smallest absolute Gasteiger partial charge is 0.337 e. The molecule has 0 spiro atoms. The topological polar surface area (TPSA) is 98.5 Å². The van der Waals surface area contributed by atoms with E-state index in [-0.39, 0.29) is 22.9 Å². The monoisotopic (exact) mass is 344 g/mol. The molecule has 0 saturated carbocycles. The summed E-state index contributed by atoms with van der Waals surface area (Å²) < 4.78 is 55.5. The number of carbonyl (C=O) groups is 1. The van der Waals surface area contributed by atoms with E-state index in [0.29, 0.717) is 0 Å². The Morgan fingerprint density at radius 1 is 1.33 bits per heavy atom. The van der Waals surface area contributed by atoms with E-state index in [1.807, 2.05) is 0 Å². The van der Waals surface area contributed by atoms with Crippen molar-refractivity contribution in [3.63, 3.8) is 0 Å². The fraction of sp³-hybridized carbons (Fsp3) is 0.364. The SMILES string of the molecule is COC(=O)c1ccc(S(=O)(=O)NCC(F)(F)CN)cc1.Cl. The zero-order valence-corrected chi connectivity index (χ0v) is 12.6. The van der Waals surface area contributed by atoms with E-state index in [1.165, 1.54) is 19.2 Å². The van der Waals surface area contributed by atoms with Crippen LogP contribution < -0.4 is 10.5 Å². The first-order valence-corrected chi connectivity index (χ1v) is 6.96. The summed E-state index contributed by atoms with van der Waals surface area (Å²) >= 11 is 0. The summed E-state index contributed by atoms with van der Waals surface area (Å²) in [5.74, 6) is -3.95. The third-order valence-corrected chi connectivity index (χ3v) is 3.82. The fourth-order valence-corrected chi connectivity index (χ4v) is 2.31. The minimum Gasteiger partial charge on any atom is -0.465 e. The maximum atomic E-state index is 12.9. The minimum atomic E-state index is -4.09. The summed E-state index contributed by atoms with van der Waals surface area (Å²) in [6, 6.07) is 4.69. The van der Waals surface area contributed by atoms with Gasteiger partial charge in [-0.2, -0.15) is 0 Å². The van der Waals surface area contributed by atoms with E-state index < -0.39 is 35.0 Å². The Labute approximate surface area is 127 Å². The van der Waals surface area contributed by atoms with Gasteiger partial charge < -0.3 is 10.5 Å². The second-order valence-electron chi connectivity index (χ2n) is 3.90. The summed E-state index contributed by atoms with van der Waals surface area (Å²) in [5, 5.41) is 0. The predicted molar refractivity (Wildman–Crippen MR) is 74.2 cm³/mol. The quantitative estimate of drug-likeness (QED) is 0.743. The van der Waals surface area contributed by atoms with Gasteiger partial charge in [0.05, 0.1) is 30.7 Å². The Morgan fingerprint density at radius 2 is 1.86 bits per heavy atom. The highest BCUT2D eigenvalue weighted by Crippen LogP contribution is 2.14. The second kappa shape index (κ2) is 7.64. The minimum absolute atomic E-state index is 0. The number of halogens is 3. The number of rotatable bonds is 6. The molecule has 6 nitrogen and oxygen atoms in total. The molecule has 0 amide bonds. The van der Waals surface area contributed by atoms with E-state index in [2.05, 4.69) is 4.74 Å². The number of carbonyl (C=O) groups excluding carboxylic acids is 1. The number of hydrogen-bond donors (Lipinski definition) is 2. The van der Waals surface area contributed by atoms with Crippen LogP contribution in [0.2, 0.25) is 0 Å². The summed E-state index contributed by atoms with van der Waals surface area (Å²) in [6.07, 6.45) is 0. The molecule has 0 atom stereocenters. The third-order valence-electron chi connectivity index (χ3n) is 2.41. The summed E-state index contributed by atoms with van der Waals surface area (Å²) in [4.78, 5) is 10.9. The highest BCUT2D eigenvalue weighted by Gasteiger charge is 2.29. The number of alkyl halides is 2. The number of benzene rings is 1. The van der Waals surface area contributed by atoms with Crippen molar-refractivity contribution in [2.45, 2.75) is 10.8 Å². The van der Waals surface area contributed by atoms with E-state index in [9.17, 15) is 22.0 Å². The number of nitrogens with one attached hydrogen (secondary N) is 1. The molecule has 0 aromatic heterocycles. The number of esters is 1. The van der Waals surface area contributed by atoms with Gasteiger partial charge in [0.2, 0.25) is 10.0 Å². The van der Waals surface area contributed by atoms with Gasteiger partial charge in [-0.05, 0) is 24.3 Å². The zero-order chi connectivity index (χ0) is 15.4. The van der Waals surface area contributed by atoms with Crippen molar-refractivity contribution in [2.75, 3.05) is 20.2 Å². The van der Waals surface area contributed by atoms with E-state index in [4.69, 9.17) is 5.73 Å². The molecule has 120 valence electrons. The molecule has 1 aromatic rings. The summed E-state index contributed by atoms with van der Waals surface area (Å²) in [5.41, 5.74) is 4.96. The van der Waals surface area contributed by atoms with Crippen LogP contribution in [0.4, 0.5) is 8.78 Å². The molecule has 0 aliphatic rings. The average molecular weight is 345 g/mol. The highest BCUT2D eigenvalue weighted by molar-refractivity contribution is 7.89. The highest BCUT2D eigenvalue weighted by atomic mass is 35.5. The van der Waals surface area contributed by atoms with Crippen molar-refractivity contribution in [1.82, 2.24) is 4.72 Å². The molecule has 0 fully saturated rings. The van der Waals surface area contributed by atoms with Gasteiger partial charge in [0, 0.05) is 0 Å². The molecule has 0 bridgehead atoms. The van der Waals surface area contributed by atoms with E-state index in [0.717, 1.165) is 12.1 Å². The van der Waals surface area contributed by atoms with Crippen LogP contribution >= 0.6 is 12.4 Å². The molecule has 0 radical (unpaired) electrons. The van der Waals surface area contributed by atoms with Crippen LogP contribution in [-0.4, -0.2) is 40.5 Å². The van der Waals surface area contributed by atoms with Crippen LogP contribution in [0.3, 0.4) is 0 Å². The second-order valence-corrected chi connectivity index (χ2v) is 5.67. The van der Waals surface area contributed by atoms with Crippen molar-refractivity contribution in [3.05, 3.63) is 29.8 Å². The first-order chi connectivity index (χ1) is 9.22. The van der Waals surface area contributed by atoms with Gasteiger partial charge in [0.15, 0.2) is 0 Å². The first-order valence-electron chi connectivity index (χ1n) is 5.48. The average Bonchev–Trinajstić information content (AvgIpc) is 2.45. The maximum Gasteiger partial charge on any atom is 0.337 e. The third kappa shape index (κ3) is 5.54. The van der Waals surface area contributed by atoms with Gasteiger partial charge in [0.25, 0.3) is 5.92 Å². The molecule has 0 saturated heterocycles. The van der Waals surface area contributed by atoms with Crippen LogP contribution in [-0.2, 0) is 14.8 Å². The van der Waals surface area contributed by atoms with Gasteiger partial charge in [-0.1, -0.05) is 0 Å². The number of hydrogen-bond acceptors (Lipinski definition) is 5. The summed E-state index contributed by atoms with van der Waals surface area (Å²) in [6.45, 7) is -2.05. The van der Waals surface area contributed by atoms with Crippen LogP contribution in [0.5, 0.6) is 0 Å². The maximum absolute atomic E-state index is 12.9. The van der Waals surface area contributed by atoms with Gasteiger partial charge in [-0.15, -0.1) is 12.4 Å². The molecule has 10 heteroatoms. The predicted octanol–water partition coefficient (Wildman–Crippen LogP) is 0.767. The molecular formula is C11H15ClF2N2O4S. The largest absolute Gasteiger partial charge is 0.465 e. The first kappa shape index (κ1) is 19.7. The number of nitrogens with two attached hydrogens (primary N) is 1. The van der Waals surface area contributed by atoms with Crippen LogP contribution in [0, 0.1) is 0 Å². The molecule has 0 aliphatic heterocycles. The number of sulfonamides is 1. The summed E-state index contributed by atoms with van der Waals surface area (Å²) in [7, 11) is -2.91. The van der Waals surface area contributed by atoms with Crippen molar-refractivity contribution in [2.24, 2.45) is 5.73 Å². The molecule has 0 unspecified atom stereocenters. The standard InChI is InChI=1S/C11H14F2N2O4S.ClH/c1-19-10(16)8-2-4-9(5-3-8)20(17,18)15-7-11(12,13)6-14;/h2-5,15H,6-7,14H2,1H3;1H. The van der Waals surface area contributed by atoms with Gasteiger partial charge >= 0.3 is 5.97 Å². The Hall–Kier alpha value is -1.29. The Morgan fingerprint density at radius 3 is 2.29 bits per heavy atom. The molecule has 0 heterocycles. The van der Waals surface area contributed by atoms with Gasteiger partial charge in [-0.25, -0.2) is 26.7 Å². The van der Waals surface area contributed by atoms with Gasteiger partial charge in [-0.3, -0.25) is 0 Å². The molecule has 3 N–H and O–H groups in total. The number of ether oxygens (including phenoxy) is 1. The lowest BCUT2D eigenvalue weighted by molar-refractivity contribution is 0.0170. The van der Waals surface area contributed by atoms with Crippen molar-refractivity contribution in [3.8, 4) is 0 Å². The normalized spacial score (nSPS) is 11.6.